The third-order valence-electron chi connectivity index (χ3n) is 3.38. The smallest absolute Gasteiger partial charge is 0.267 e. The predicted molar refractivity (Wildman–Crippen MR) is 87.5 cm³/mol. The Labute approximate surface area is 134 Å². The number of methoxy groups -OCH3 is 1. The summed E-state index contributed by atoms with van der Waals surface area (Å²) in [4.78, 5) is 22.1. The molecule has 1 aromatic carbocycles. The molecule has 2 aromatic rings. The molecule has 23 heavy (non-hydrogen) atoms. The first-order valence-electron chi connectivity index (χ1n) is 7.28. The summed E-state index contributed by atoms with van der Waals surface area (Å²) >= 11 is 0. The molecule has 0 unspecified atom stereocenters. The van der Waals surface area contributed by atoms with E-state index in [1.54, 1.807) is 12.0 Å². The SMILES string of the molecule is CCN(CCO)c1nc(C(N)=O)cc(-c2ccccc2OC)n1. The van der Waals surface area contributed by atoms with E-state index in [0.717, 1.165) is 5.56 Å². The largest absolute Gasteiger partial charge is 0.496 e. The summed E-state index contributed by atoms with van der Waals surface area (Å²) in [5, 5.41) is 9.17. The minimum atomic E-state index is -0.634. The monoisotopic (exact) mass is 316 g/mol. The third-order valence-corrected chi connectivity index (χ3v) is 3.38. The molecule has 0 bridgehead atoms. The number of nitrogens with two attached hydrogens (primary N) is 1. The Kier molecular flexibility index (Phi) is 5.48. The zero-order valence-electron chi connectivity index (χ0n) is 13.2. The average molecular weight is 316 g/mol. The van der Waals surface area contributed by atoms with E-state index in [1.165, 1.54) is 6.07 Å². The van der Waals surface area contributed by atoms with E-state index in [9.17, 15) is 4.79 Å². The molecular weight excluding hydrogens is 296 g/mol. The van der Waals surface area contributed by atoms with Gasteiger partial charge in [0.1, 0.15) is 11.4 Å². The van der Waals surface area contributed by atoms with Crippen molar-refractivity contribution in [2.75, 3.05) is 31.7 Å². The van der Waals surface area contributed by atoms with Gasteiger partial charge in [0.2, 0.25) is 5.95 Å². The molecule has 0 fully saturated rings. The third kappa shape index (κ3) is 3.75. The number of hydrogen-bond donors (Lipinski definition) is 2. The van der Waals surface area contributed by atoms with Crippen LogP contribution in [0.15, 0.2) is 30.3 Å². The van der Waals surface area contributed by atoms with Gasteiger partial charge in [-0.25, -0.2) is 9.97 Å². The lowest BCUT2D eigenvalue weighted by molar-refractivity contribution is 0.0995. The number of aromatic nitrogens is 2. The minimum absolute atomic E-state index is 0.0397. The molecule has 1 aromatic heterocycles. The van der Waals surface area contributed by atoms with Crippen molar-refractivity contribution in [3.63, 3.8) is 0 Å². The van der Waals surface area contributed by atoms with Crippen molar-refractivity contribution in [1.29, 1.82) is 0 Å². The van der Waals surface area contributed by atoms with E-state index in [2.05, 4.69) is 9.97 Å². The second-order valence-electron chi connectivity index (χ2n) is 4.81. The van der Waals surface area contributed by atoms with Gasteiger partial charge in [-0.15, -0.1) is 0 Å². The van der Waals surface area contributed by atoms with Crippen LogP contribution in [0.2, 0.25) is 0 Å². The van der Waals surface area contributed by atoms with Gasteiger partial charge in [0.15, 0.2) is 0 Å². The van der Waals surface area contributed by atoms with E-state index in [1.807, 2.05) is 31.2 Å². The number of likely N-dealkylation sites (N-methyl/N-ethyl adjacent to an activating group) is 1. The highest BCUT2D eigenvalue weighted by Gasteiger charge is 2.16. The molecule has 7 heteroatoms. The van der Waals surface area contributed by atoms with E-state index < -0.39 is 5.91 Å². The molecule has 0 saturated carbocycles. The molecule has 0 aliphatic heterocycles. The highest BCUT2D eigenvalue weighted by Crippen LogP contribution is 2.29. The van der Waals surface area contributed by atoms with Crippen LogP contribution in [0, 0.1) is 0 Å². The number of anilines is 1. The predicted octanol–water partition coefficient (Wildman–Crippen LogP) is 1.07. The van der Waals surface area contributed by atoms with Crippen LogP contribution in [0.5, 0.6) is 5.75 Å². The molecular formula is C16H20N4O3. The maximum atomic E-state index is 11.6. The number of aliphatic hydroxyl groups is 1. The highest BCUT2D eigenvalue weighted by atomic mass is 16.5. The van der Waals surface area contributed by atoms with Gasteiger partial charge < -0.3 is 20.5 Å². The van der Waals surface area contributed by atoms with Gasteiger partial charge >= 0.3 is 0 Å². The number of nitrogens with zero attached hydrogens (tertiary/aromatic N) is 3. The second-order valence-corrected chi connectivity index (χ2v) is 4.81. The Morgan fingerprint density at radius 1 is 1.35 bits per heavy atom. The topological polar surface area (TPSA) is 102 Å². The second kappa shape index (κ2) is 7.55. The number of ether oxygens (including phenoxy) is 1. The lowest BCUT2D eigenvalue weighted by atomic mass is 10.1. The van der Waals surface area contributed by atoms with E-state index in [0.29, 0.717) is 30.5 Å². The molecule has 1 heterocycles. The first-order valence-corrected chi connectivity index (χ1v) is 7.28. The summed E-state index contributed by atoms with van der Waals surface area (Å²) < 4.78 is 5.34. The fourth-order valence-corrected chi connectivity index (χ4v) is 2.22. The van der Waals surface area contributed by atoms with Crippen LogP contribution < -0.4 is 15.4 Å². The quantitative estimate of drug-likeness (QED) is 0.792. The van der Waals surface area contributed by atoms with Gasteiger partial charge in [0.05, 0.1) is 19.4 Å². The first kappa shape index (κ1) is 16.7. The molecule has 2 rings (SSSR count). The first-order chi connectivity index (χ1) is 11.1. The molecule has 122 valence electrons. The number of aliphatic hydroxyl groups excluding tert-OH is 1. The number of benzene rings is 1. The molecule has 0 aliphatic carbocycles. The van der Waals surface area contributed by atoms with Crippen molar-refractivity contribution in [2.24, 2.45) is 5.73 Å². The van der Waals surface area contributed by atoms with Crippen molar-refractivity contribution in [3.05, 3.63) is 36.0 Å². The minimum Gasteiger partial charge on any atom is -0.496 e. The maximum absolute atomic E-state index is 11.6. The summed E-state index contributed by atoms with van der Waals surface area (Å²) in [6.07, 6.45) is 0. The number of amides is 1. The van der Waals surface area contributed by atoms with E-state index >= 15 is 0 Å². The summed E-state index contributed by atoms with van der Waals surface area (Å²) in [6, 6.07) is 8.90. The fourth-order valence-electron chi connectivity index (χ4n) is 2.22. The fraction of sp³-hybridized carbons (Fsp3) is 0.312. The van der Waals surface area contributed by atoms with Gasteiger partial charge in [0, 0.05) is 18.7 Å². The molecule has 0 aliphatic rings. The van der Waals surface area contributed by atoms with Gasteiger partial charge in [-0.05, 0) is 25.1 Å². The zero-order valence-corrected chi connectivity index (χ0v) is 13.2. The van der Waals surface area contributed by atoms with Crippen LogP contribution in [0.1, 0.15) is 17.4 Å². The van der Waals surface area contributed by atoms with E-state index in [-0.39, 0.29) is 12.3 Å². The van der Waals surface area contributed by atoms with Crippen LogP contribution in [0.3, 0.4) is 0 Å². The molecule has 7 nitrogen and oxygen atoms in total. The molecule has 0 atom stereocenters. The Morgan fingerprint density at radius 3 is 2.70 bits per heavy atom. The van der Waals surface area contributed by atoms with Crippen LogP contribution in [0.25, 0.3) is 11.3 Å². The molecule has 0 radical (unpaired) electrons. The van der Waals surface area contributed by atoms with Gasteiger partial charge in [-0.2, -0.15) is 0 Å². The van der Waals surface area contributed by atoms with Gasteiger partial charge in [-0.1, -0.05) is 12.1 Å². The Morgan fingerprint density at radius 2 is 2.09 bits per heavy atom. The lowest BCUT2D eigenvalue weighted by Gasteiger charge is -2.20. The maximum Gasteiger partial charge on any atom is 0.267 e. The van der Waals surface area contributed by atoms with Crippen LogP contribution in [-0.4, -0.2) is 47.8 Å². The zero-order chi connectivity index (χ0) is 16.8. The molecule has 0 spiro atoms. The number of carbonyl (C=O) groups is 1. The van der Waals surface area contributed by atoms with Crippen LogP contribution >= 0.6 is 0 Å². The number of para-hydroxylation sites is 1. The number of primary amides is 1. The summed E-state index contributed by atoms with van der Waals surface area (Å²) in [5.74, 6) is 0.349. The normalized spacial score (nSPS) is 10.4. The Balaban J connectivity index is 2.59. The standard InChI is InChI=1S/C16H20N4O3/c1-3-20(8-9-21)16-18-12(10-13(19-16)15(17)22)11-6-4-5-7-14(11)23-2/h4-7,10,21H,3,8-9H2,1-2H3,(H2,17,22). The molecule has 0 saturated heterocycles. The van der Waals surface area contributed by atoms with Crippen molar-refractivity contribution in [3.8, 4) is 17.0 Å². The number of rotatable bonds is 7. The lowest BCUT2D eigenvalue weighted by Crippen LogP contribution is -2.29. The molecule has 3 N–H and O–H groups in total. The van der Waals surface area contributed by atoms with Crippen molar-refractivity contribution >= 4 is 11.9 Å². The average Bonchev–Trinajstić information content (AvgIpc) is 2.59. The van der Waals surface area contributed by atoms with Crippen molar-refractivity contribution < 1.29 is 14.6 Å². The van der Waals surface area contributed by atoms with Crippen LogP contribution in [-0.2, 0) is 0 Å². The van der Waals surface area contributed by atoms with Crippen molar-refractivity contribution in [1.82, 2.24) is 9.97 Å². The molecule has 1 amide bonds. The Bertz CT molecular complexity index is 691. The number of hydrogen-bond acceptors (Lipinski definition) is 6. The number of carbonyl (C=O) groups excluding carboxylic acids is 1. The van der Waals surface area contributed by atoms with Gasteiger partial charge in [-0.3, -0.25) is 4.79 Å². The van der Waals surface area contributed by atoms with Gasteiger partial charge in [0.25, 0.3) is 5.91 Å². The highest BCUT2D eigenvalue weighted by molar-refractivity contribution is 5.92. The summed E-state index contributed by atoms with van der Waals surface area (Å²) in [5.41, 5.74) is 6.78. The van der Waals surface area contributed by atoms with Crippen molar-refractivity contribution in [2.45, 2.75) is 6.92 Å². The summed E-state index contributed by atoms with van der Waals surface area (Å²) in [6.45, 7) is 2.83. The summed E-state index contributed by atoms with van der Waals surface area (Å²) in [7, 11) is 1.57. The van der Waals surface area contributed by atoms with E-state index in [4.69, 9.17) is 15.6 Å². The Hall–Kier alpha value is -2.67. The van der Waals surface area contributed by atoms with Crippen LogP contribution in [0.4, 0.5) is 5.95 Å².